The number of hydrogen-bond acceptors (Lipinski definition) is 4. The van der Waals surface area contributed by atoms with E-state index in [1.54, 1.807) is 11.3 Å². The zero-order valence-corrected chi connectivity index (χ0v) is 11.2. The van der Waals surface area contributed by atoms with Gasteiger partial charge < -0.3 is 5.32 Å². The molecule has 1 aliphatic rings. The highest BCUT2D eigenvalue weighted by atomic mass is 32.1. The van der Waals surface area contributed by atoms with E-state index in [0.29, 0.717) is 13.0 Å². The van der Waals surface area contributed by atoms with E-state index < -0.39 is 6.03 Å². The molecule has 0 spiro atoms. The molecule has 0 radical (unpaired) electrons. The van der Waals surface area contributed by atoms with E-state index in [9.17, 15) is 9.59 Å². The fraction of sp³-hybridized carbons (Fsp3) is 0.500. The van der Waals surface area contributed by atoms with Gasteiger partial charge in [0, 0.05) is 38.0 Å². The molecule has 0 fully saturated rings. The van der Waals surface area contributed by atoms with Crippen molar-refractivity contribution in [2.24, 2.45) is 0 Å². The van der Waals surface area contributed by atoms with Crippen molar-refractivity contribution in [3.05, 3.63) is 21.9 Å². The number of amides is 3. The molecule has 1 aromatic rings. The lowest BCUT2D eigenvalue weighted by Crippen LogP contribution is -2.39. The lowest BCUT2D eigenvalue weighted by molar-refractivity contribution is -0.120. The molecule has 3 amide bonds. The zero-order valence-electron chi connectivity index (χ0n) is 10.4. The van der Waals surface area contributed by atoms with E-state index in [1.165, 1.54) is 17.5 Å². The van der Waals surface area contributed by atoms with Crippen LogP contribution in [0.15, 0.2) is 11.4 Å². The number of urea groups is 1. The van der Waals surface area contributed by atoms with Gasteiger partial charge in [-0.25, -0.2) is 4.79 Å². The van der Waals surface area contributed by atoms with Gasteiger partial charge in [-0.3, -0.25) is 15.0 Å². The second-order valence-electron chi connectivity index (χ2n) is 4.27. The number of hydrogen-bond donors (Lipinski definition) is 2. The Balaban J connectivity index is 1.75. The van der Waals surface area contributed by atoms with Crippen LogP contribution in [0.3, 0.4) is 0 Å². The molecule has 1 aromatic heterocycles. The van der Waals surface area contributed by atoms with Crippen molar-refractivity contribution in [1.29, 1.82) is 0 Å². The molecular weight excluding hydrogens is 250 g/mol. The van der Waals surface area contributed by atoms with Gasteiger partial charge in [-0.15, -0.1) is 11.3 Å². The molecule has 0 unspecified atom stereocenters. The third-order valence-electron chi connectivity index (χ3n) is 3.02. The van der Waals surface area contributed by atoms with Gasteiger partial charge in [0.1, 0.15) is 0 Å². The Morgan fingerprint density at radius 2 is 2.33 bits per heavy atom. The monoisotopic (exact) mass is 267 g/mol. The quantitative estimate of drug-likeness (QED) is 0.857. The predicted molar refractivity (Wildman–Crippen MR) is 70.5 cm³/mol. The highest BCUT2D eigenvalue weighted by Gasteiger charge is 2.17. The van der Waals surface area contributed by atoms with E-state index in [2.05, 4.69) is 27.0 Å². The molecule has 0 atom stereocenters. The minimum atomic E-state index is -0.446. The molecule has 0 saturated carbocycles. The summed E-state index contributed by atoms with van der Waals surface area (Å²) in [4.78, 5) is 26.1. The Hall–Kier alpha value is -1.40. The molecule has 98 valence electrons. The van der Waals surface area contributed by atoms with Gasteiger partial charge >= 0.3 is 6.03 Å². The minimum Gasteiger partial charge on any atom is -0.341 e. The molecule has 2 heterocycles. The van der Waals surface area contributed by atoms with Crippen LogP contribution >= 0.6 is 11.3 Å². The summed E-state index contributed by atoms with van der Waals surface area (Å²) < 4.78 is 0. The average Bonchev–Trinajstić information content (AvgIpc) is 2.83. The lowest BCUT2D eigenvalue weighted by Gasteiger charge is -2.26. The molecular formula is C12H17N3O2S. The van der Waals surface area contributed by atoms with Crippen molar-refractivity contribution in [1.82, 2.24) is 15.5 Å². The van der Waals surface area contributed by atoms with Crippen molar-refractivity contribution in [3.63, 3.8) is 0 Å². The van der Waals surface area contributed by atoms with E-state index >= 15 is 0 Å². The maximum atomic E-state index is 11.5. The summed E-state index contributed by atoms with van der Waals surface area (Å²) in [7, 11) is 1.49. The lowest BCUT2D eigenvalue weighted by atomic mass is 10.1. The van der Waals surface area contributed by atoms with E-state index in [0.717, 1.165) is 19.5 Å². The van der Waals surface area contributed by atoms with Gasteiger partial charge in [-0.2, -0.15) is 0 Å². The molecule has 5 nitrogen and oxygen atoms in total. The summed E-state index contributed by atoms with van der Waals surface area (Å²) >= 11 is 1.80. The summed E-state index contributed by atoms with van der Waals surface area (Å²) in [5, 5.41) is 6.75. The fourth-order valence-corrected chi connectivity index (χ4v) is 2.90. The van der Waals surface area contributed by atoms with E-state index in [1.807, 2.05) is 0 Å². The molecule has 2 N–H and O–H groups in total. The van der Waals surface area contributed by atoms with Crippen LogP contribution in [-0.4, -0.2) is 37.0 Å². The van der Waals surface area contributed by atoms with Crippen molar-refractivity contribution >= 4 is 23.3 Å². The topological polar surface area (TPSA) is 61.4 Å². The average molecular weight is 267 g/mol. The summed E-state index contributed by atoms with van der Waals surface area (Å²) in [6, 6.07) is 1.70. The Bertz CT molecular complexity index is 444. The highest BCUT2D eigenvalue weighted by molar-refractivity contribution is 7.10. The van der Waals surface area contributed by atoms with Gasteiger partial charge in [-0.1, -0.05) is 0 Å². The molecule has 2 rings (SSSR count). The van der Waals surface area contributed by atoms with Gasteiger partial charge in [0.2, 0.25) is 5.91 Å². The number of fused-ring (bicyclic) bond motifs is 1. The second-order valence-corrected chi connectivity index (χ2v) is 5.27. The Labute approximate surface area is 110 Å². The Kier molecular flexibility index (Phi) is 4.33. The number of rotatable bonds is 3. The van der Waals surface area contributed by atoms with Crippen LogP contribution in [0.2, 0.25) is 0 Å². The van der Waals surface area contributed by atoms with Crippen LogP contribution in [0.5, 0.6) is 0 Å². The van der Waals surface area contributed by atoms with Gasteiger partial charge in [0.05, 0.1) is 0 Å². The molecule has 0 aliphatic carbocycles. The second kappa shape index (κ2) is 5.97. The van der Waals surface area contributed by atoms with Gasteiger partial charge in [0.25, 0.3) is 0 Å². The van der Waals surface area contributed by atoms with Crippen LogP contribution in [0.1, 0.15) is 16.9 Å². The third-order valence-corrected chi connectivity index (χ3v) is 4.04. The molecule has 1 aliphatic heterocycles. The number of carbonyl (C=O) groups excluding carboxylic acids is 2. The Morgan fingerprint density at radius 1 is 1.50 bits per heavy atom. The summed E-state index contributed by atoms with van der Waals surface area (Å²) in [6.07, 6.45) is 1.41. The fourth-order valence-electron chi connectivity index (χ4n) is 2.01. The number of nitrogens with one attached hydrogen (secondary N) is 2. The number of nitrogens with zero attached hydrogens (tertiary/aromatic N) is 1. The molecule has 6 heteroatoms. The van der Waals surface area contributed by atoms with Crippen LogP contribution in [-0.2, 0) is 17.8 Å². The largest absolute Gasteiger partial charge is 0.341 e. The van der Waals surface area contributed by atoms with Crippen molar-refractivity contribution in [2.75, 3.05) is 20.1 Å². The van der Waals surface area contributed by atoms with Crippen molar-refractivity contribution < 1.29 is 9.59 Å². The maximum Gasteiger partial charge on any atom is 0.321 e. The number of imide groups is 1. The smallest absolute Gasteiger partial charge is 0.321 e. The van der Waals surface area contributed by atoms with Crippen LogP contribution in [0.4, 0.5) is 4.79 Å². The first-order chi connectivity index (χ1) is 8.69. The first-order valence-corrected chi connectivity index (χ1v) is 6.86. The highest BCUT2D eigenvalue weighted by Crippen LogP contribution is 2.23. The van der Waals surface area contributed by atoms with Crippen LogP contribution < -0.4 is 10.6 Å². The third kappa shape index (κ3) is 3.30. The molecule has 0 saturated heterocycles. The van der Waals surface area contributed by atoms with Crippen LogP contribution in [0, 0.1) is 0 Å². The van der Waals surface area contributed by atoms with Crippen molar-refractivity contribution in [3.8, 4) is 0 Å². The predicted octanol–water partition coefficient (Wildman–Crippen LogP) is 0.952. The summed E-state index contributed by atoms with van der Waals surface area (Å²) in [6.45, 7) is 2.59. The molecule has 0 bridgehead atoms. The maximum absolute atomic E-state index is 11.5. The van der Waals surface area contributed by atoms with E-state index in [-0.39, 0.29) is 5.91 Å². The first kappa shape index (κ1) is 13.0. The standard InChI is InChI=1S/C12H17N3O2S/c1-13-12(17)14-11(16)3-6-15-5-2-10-9(8-15)4-7-18-10/h4,7H,2-3,5-6,8H2,1H3,(H2,13,14,16,17). The zero-order chi connectivity index (χ0) is 13.0. The minimum absolute atomic E-state index is 0.231. The van der Waals surface area contributed by atoms with Gasteiger partial charge in [-0.05, 0) is 23.4 Å². The summed E-state index contributed by atoms with van der Waals surface area (Å²) in [5.41, 5.74) is 1.37. The van der Waals surface area contributed by atoms with Gasteiger partial charge in [0.15, 0.2) is 0 Å². The number of thiophene rings is 1. The normalized spacial score (nSPS) is 14.9. The Morgan fingerprint density at radius 3 is 3.11 bits per heavy atom. The van der Waals surface area contributed by atoms with Crippen LogP contribution in [0.25, 0.3) is 0 Å². The van der Waals surface area contributed by atoms with Crippen molar-refractivity contribution in [2.45, 2.75) is 19.4 Å². The van der Waals surface area contributed by atoms with E-state index in [4.69, 9.17) is 0 Å². The first-order valence-electron chi connectivity index (χ1n) is 5.98. The summed E-state index contributed by atoms with van der Waals surface area (Å²) in [5.74, 6) is -0.231. The SMILES string of the molecule is CNC(=O)NC(=O)CCN1CCc2sccc2C1. The number of carbonyl (C=O) groups is 2. The molecule has 18 heavy (non-hydrogen) atoms. The molecule has 0 aromatic carbocycles.